The maximum Gasteiger partial charge on any atom is 0.194 e. The van der Waals surface area contributed by atoms with Gasteiger partial charge < -0.3 is 19.7 Å². The second kappa shape index (κ2) is 9.89. The number of nitrogens with zero attached hydrogens (tertiary/aromatic N) is 4. The summed E-state index contributed by atoms with van der Waals surface area (Å²) in [5.41, 5.74) is 2.61. The topological polar surface area (TPSA) is 35.8 Å². The molecule has 0 radical (unpaired) electrons. The number of benzene rings is 1. The first-order valence-corrected chi connectivity index (χ1v) is 8.92. The van der Waals surface area contributed by atoms with Gasteiger partial charge in [0.25, 0.3) is 0 Å². The quantitative estimate of drug-likeness (QED) is 0.592. The smallest absolute Gasteiger partial charge is 0.194 e. The van der Waals surface area contributed by atoms with E-state index in [1.54, 1.807) is 0 Å². The lowest BCUT2D eigenvalue weighted by Crippen LogP contribution is -2.39. The summed E-state index contributed by atoms with van der Waals surface area (Å²) in [7, 11) is 6.30. The fourth-order valence-corrected chi connectivity index (χ4v) is 2.75. The van der Waals surface area contributed by atoms with Gasteiger partial charge in [0, 0.05) is 45.6 Å². The fourth-order valence-electron chi connectivity index (χ4n) is 2.75. The summed E-state index contributed by atoms with van der Waals surface area (Å²) in [6.45, 7) is 6.48. The van der Waals surface area contributed by atoms with Crippen LogP contribution in [0.1, 0.15) is 18.2 Å². The second-order valence-corrected chi connectivity index (χ2v) is 6.43. The maximum atomic E-state index is 4.79. The summed E-state index contributed by atoms with van der Waals surface area (Å²) in [6.07, 6.45) is 2.08. The summed E-state index contributed by atoms with van der Waals surface area (Å²) in [5, 5.41) is 3.39. The van der Waals surface area contributed by atoms with Gasteiger partial charge in [-0.25, -0.2) is 0 Å². The number of aryl methyl sites for hydroxylation is 1. The average Bonchev–Trinajstić information content (AvgIpc) is 3.00. The van der Waals surface area contributed by atoms with Gasteiger partial charge in [0.1, 0.15) is 0 Å². The molecular weight excluding hydrogens is 310 g/mol. The third kappa shape index (κ3) is 6.27. The van der Waals surface area contributed by atoms with Crippen LogP contribution in [0.4, 0.5) is 0 Å². The van der Waals surface area contributed by atoms with Gasteiger partial charge in [-0.1, -0.05) is 30.3 Å². The number of hydrogen-bond acceptors (Lipinski definition) is 2. The predicted molar refractivity (Wildman–Crippen MR) is 106 cm³/mol. The molecule has 1 heterocycles. The Bertz CT molecular complexity index is 647. The molecule has 0 bridgehead atoms. The Morgan fingerprint density at radius 1 is 1.08 bits per heavy atom. The Kier molecular flexibility index (Phi) is 7.54. The Morgan fingerprint density at radius 3 is 2.48 bits per heavy atom. The number of aliphatic imine (C=N–C) groups is 1. The molecule has 0 spiro atoms. The van der Waals surface area contributed by atoms with Crippen LogP contribution >= 0.6 is 0 Å². The molecule has 0 saturated heterocycles. The van der Waals surface area contributed by atoms with E-state index in [4.69, 9.17) is 4.99 Å². The van der Waals surface area contributed by atoms with E-state index >= 15 is 0 Å². The zero-order valence-electron chi connectivity index (χ0n) is 15.9. The zero-order valence-corrected chi connectivity index (χ0v) is 15.9. The van der Waals surface area contributed by atoms with Crippen molar-refractivity contribution in [1.82, 2.24) is 19.7 Å². The molecule has 5 heteroatoms. The lowest BCUT2D eigenvalue weighted by molar-refractivity contribution is 0.335. The van der Waals surface area contributed by atoms with Crippen molar-refractivity contribution in [2.75, 3.05) is 33.7 Å². The monoisotopic (exact) mass is 341 g/mol. The molecule has 1 N–H and O–H groups in total. The van der Waals surface area contributed by atoms with Crippen LogP contribution in [0, 0.1) is 0 Å². The molecule has 0 unspecified atom stereocenters. The van der Waals surface area contributed by atoms with Gasteiger partial charge in [-0.2, -0.15) is 0 Å². The lowest BCUT2D eigenvalue weighted by Gasteiger charge is -2.23. The minimum absolute atomic E-state index is 0.781. The Balaban J connectivity index is 1.86. The first-order valence-electron chi connectivity index (χ1n) is 8.92. The summed E-state index contributed by atoms with van der Waals surface area (Å²) in [4.78, 5) is 9.27. The highest BCUT2D eigenvalue weighted by Gasteiger charge is 2.08. The molecule has 1 aromatic heterocycles. The van der Waals surface area contributed by atoms with Crippen LogP contribution in [-0.4, -0.2) is 54.1 Å². The summed E-state index contributed by atoms with van der Waals surface area (Å²) in [5.74, 6) is 0.955. The van der Waals surface area contributed by atoms with Crippen LogP contribution < -0.4 is 5.32 Å². The average molecular weight is 342 g/mol. The van der Waals surface area contributed by atoms with E-state index < -0.39 is 0 Å². The Labute approximate surface area is 152 Å². The second-order valence-electron chi connectivity index (χ2n) is 6.43. The molecule has 0 aliphatic rings. The molecule has 25 heavy (non-hydrogen) atoms. The molecule has 0 aliphatic heterocycles. The van der Waals surface area contributed by atoms with E-state index in [0.29, 0.717) is 0 Å². The zero-order chi connectivity index (χ0) is 18.1. The highest BCUT2D eigenvalue weighted by atomic mass is 15.3. The molecule has 2 rings (SSSR count). The Hall–Kier alpha value is -2.27. The molecule has 1 aromatic carbocycles. The SMILES string of the molecule is CCNC(=NCCN(C)Cc1ccccc1)N(C)Cc1cccn1C. The summed E-state index contributed by atoms with van der Waals surface area (Å²) < 4.78 is 2.15. The van der Waals surface area contributed by atoms with Crippen molar-refractivity contribution >= 4 is 5.96 Å². The van der Waals surface area contributed by atoms with Crippen LogP contribution in [0.5, 0.6) is 0 Å². The van der Waals surface area contributed by atoms with Crippen LogP contribution in [0.15, 0.2) is 53.7 Å². The molecule has 0 aliphatic carbocycles. The molecule has 2 aromatic rings. The molecule has 0 fully saturated rings. The van der Waals surface area contributed by atoms with Crippen LogP contribution in [0.25, 0.3) is 0 Å². The molecule has 5 nitrogen and oxygen atoms in total. The Morgan fingerprint density at radius 2 is 1.84 bits per heavy atom. The van der Waals surface area contributed by atoms with Crippen molar-refractivity contribution < 1.29 is 0 Å². The first kappa shape index (κ1) is 19.1. The van der Waals surface area contributed by atoms with E-state index in [-0.39, 0.29) is 0 Å². The van der Waals surface area contributed by atoms with Gasteiger partial charge in [0.15, 0.2) is 5.96 Å². The van der Waals surface area contributed by atoms with Crippen LogP contribution in [-0.2, 0) is 20.1 Å². The maximum absolute atomic E-state index is 4.79. The van der Waals surface area contributed by atoms with Crippen molar-refractivity contribution in [2.24, 2.45) is 12.0 Å². The third-order valence-electron chi connectivity index (χ3n) is 4.19. The number of nitrogens with one attached hydrogen (secondary N) is 1. The summed E-state index contributed by atoms with van der Waals surface area (Å²) in [6, 6.07) is 14.8. The standard InChI is InChI=1S/C20H31N5/c1-5-21-20(25(4)17-19-12-9-14-24(19)3)22-13-15-23(2)16-18-10-7-6-8-11-18/h6-12,14H,5,13,15-17H2,1-4H3,(H,21,22). The minimum atomic E-state index is 0.781. The van der Waals surface area contributed by atoms with Gasteiger partial charge in [-0.15, -0.1) is 0 Å². The molecule has 136 valence electrons. The number of likely N-dealkylation sites (N-methyl/N-ethyl adjacent to an activating group) is 1. The van der Waals surface area contributed by atoms with Gasteiger partial charge in [0.05, 0.1) is 13.1 Å². The van der Waals surface area contributed by atoms with E-state index in [0.717, 1.165) is 38.7 Å². The fraction of sp³-hybridized carbons (Fsp3) is 0.450. The van der Waals surface area contributed by atoms with Crippen LogP contribution in [0.3, 0.4) is 0 Å². The molecule has 0 saturated carbocycles. The molecule has 0 amide bonds. The number of aromatic nitrogens is 1. The largest absolute Gasteiger partial charge is 0.357 e. The lowest BCUT2D eigenvalue weighted by atomic mass is 10.2. The van der Waals surface area contributed by atoms with Gasteiger partial charge in [0.2, 0.25) is 0 Å². The van der Waals surface area contributed by atoms with Gasteiger partial charge >= 0.3 is 0 Å². The number of guanidine groups is 1. The normalized spacial score (nSPS) is 11.8. The van der Waals surface area contributed by atoms with E-state index in [1.165, 1.54) is 11.3 Å². The van der Waals surface area contributed by atoms with E-state index in [1.807, 2.05) is 0 Å². The van der Waals surface area contributed by atoms with Gasteiger partial charge in [-0.05, 0) is 31.7 Å². The van der Waals surface area contributed by atoms with Crippen molar-refractivity contribution in [1.29, 1.82) is 0 Å². The van der Waals surface area contributed by atoms with Crippen molar-refractivity contribution in [3.05, 3.63) is 59.9 Å². The highest BCUT2D eigenvalue weighted by Crippen LogP contribution is 2.04. The van der Waals surface area contributed by atoms with Crippen LogP contribution in [0.2, 0.25) is 0 Å². The predicted octanol–water partition coefficient (Wildman–Crippen LogP) is 2.55. The summed E-state index contributed by atoms with van der Waals surface area (Å²) >= 11 is 0. The molecule has 0 atom stereocenters. The van der Waals surface area contributed by atoms with Crippen molar-refractivity contribution in [2.45, 2.75) is 20.0 Å². The van der Waals surface area contributed by atoms with Crippen molar-refractivity contribution in [3.63, 3.8) is 0 Å². The van der Waals surface area contributed by atoms with E-state index in [9.17, 15) is 0 Å². The number of hydrogen-bond donors (Lipinski definition) is 1. The van der Waals surface area contributed by atoms with Gasteiger partial charge in [-0.3, -0.25) is 4.99 Å². The van der Waals surface area contributed by atoms with E-state index in [2.05, 4.69) is 96.4 Å². The molecular formula is C20H31N5. The third-order valence-corrected chi connectivity index (χ3v) is 4.19. The first-order chi connectivity index (χ1) is 12.1. The highest BCUT2D eigenvalue weighted by molar-refractivity contribution is 5.79. The minimum Gasteiger partial charge on any atom is -0.357 e. The number of rotatable bonds is 8. The van der Waals surface area contributed by atoms with Crippen molar-refractivity contribution in [3.8, 4) is 0 Å².